The lowest BCUT2D eigenvalue weighted by Crippen LogP contribution is -2.71. The number of fused-ring (bicyclic) bond motifs is 1. The number of thioether (sulfide) groups is 2. The Morgan fingerprint density at radius 1 is 0.744 bits per heavy atom. The number of hydrogen-bond donors (Lipinski definition) is 5. The molecule has 0 radical (unpaired) electrons. The largest absolute Gasteiger partial charge is 0.427 e. The summed E-state index contributed by atoms with van der Waals surface area (Å²) in [6.07, 6.45) is 6.88. The Balaban J connectivity index is 1.12. The number of carbonyl (C=O) groups excluding carboxylic acids is 8. The van der Waals surface area contributed by atoms with E-state index in [-0.39, 0.29) is 50.3 Å². The third kappa shape index (κ3) is 15.1. The van der Waals surface area contributed by atoms with Gasteiger partial charge in [0, 0.05) is 32.0 Å². The number of ether oxygens (including phenoxy) is 4. The molecule has 26 nitrogen and oxygen atoms in total. The monoisotopic (exact) mass is 1240 g/mol. The van der Waals surface area contributed by atoms with Gasteiger partial charge in [0.15, 0.2) is 21.7 Å². The molecule has 0 spiro atoms. The maximum atomic E-state index is 14.7. The van der Waals surface area contributed by atoms with Crippen LogP contribution in [0.2, 0.25) is 0 Å². The normalized spacial score (nSPS) is 18.0. The van der Waals surface area contributed by atoms with Gasteiger partial charge in [0.05, 0.1) is 33.2 Å². The van der Waals surface area contributed by atoms with E-state index in [9.17, 15) is 38.4 Å². The van der Waals surface area contributed by atoms with Crippen LogP contribution in [0.15, 0.2) is 66.8 Å². The number of β-lactam (4-membered cyclic amide) rings is 1. The Kier molecular flexibility index (Phi) is 20.5. The maximum absolute atomic E-state index is 14.7. The summed E-state index contributed by atoms with van der Waals surface area (Å²) in [7, 11) is 2.39. The molecule has 3 aliphatic rings. The van der Waals surface area contributed by atoms with Crippen LogP contribution >= 0.6 is 68.9 Å². The molecule has 436 valence electrons. The van der Waals surface area contributed by atoms with Crippen molar-refractivity contribution < 1.29 is 67.0 Å². The summed E-state index contributed by atoms with van der Waals surface area (Å²) >= 11 is 7.04. The molecule has 6 N–H and O–H groups in total. The predicted molar refractivity (Wildman–Crippen MR) is 310 cm³/mol. The number of thiazole rings is 4. The smallest absolute Gasteiger partial charge is 0.358 e. The number of oxime groups is 2. The number of nitrogens with two attached hydrogens (primary N) is 1. The molecule has 0 bridgehead atoms. The van der Waals surface area contributed by atoms with Crippen molar-refractivity contribution in [3.05, 3.63) is 89.0 Å². The zero-order valence-corrected chi connectivity index (χ0v) is 50.5. The number of allylic oxidation sites excluding steroid dienone is 2. The highest BCUT2D eigenvalue weighted by Gasteiger charge is 2.55. The highest BCUT2D eigenvalue weighted by atomic mass is 32.2. The average molecular weight is 1240 g/mol. The van der Waals surface area contributed by atoms with Gasteiger partial charge in [-0.2, -0.15) is 0 Å². The average Bonchev–Trinajstić information content (AvgIpc) is 2.44. The second kappa shape index (κ2) is 27.0. The van der Waals surface area contributed by atoms with Gasteiger partial charge in [0.2, 0.25) is 13.6 Å². The van der Waals surface area contributed by atoms with Gasteiger partial charge in [0.1, 0.15) is 59.8 Å². The minimum absolute atomic E-state index is 0.0336. The number of aryl methyl sites for hydroxylation is 2. The Morgan fingerprint density at radius 3 is 1.84 bits per heavy atom. The molecular formula is C50H56N12O14S6. The topological polar surface area (TPSA) is 346 Å². The van der Waals surface area contributed by atoms with E-state index in [0.717, 1.165) is 55.6 Å². The molecule has 7 rings (SSSR count). The SMILES string of the molecule is CO/N=C(\C(=O)N[C@@H]1C(=O)N2C(C(=O)OCOC(=O)C(C)(C)C)=C(/C=C\c3scnc3C)CS[C@H]12)c1csc(NC(=O)[C@H](NC(=O)/C(=N\OC)c2csc(N)n2)[C@H]2NC(C(=O)OCOC(=O)C(C)(C)C)=C(/C=C\c3scnc3C)CS2)n1. The van der Waals surface area contributed by atoms with E-state index < -0.39 is 100 Å². The predicted octanol–water partition coefficient (Wildman–Crippen LogP) is 4.71. The van der Waals surface area contributed by atoms with Gasteiger partial charge in [-0.05, 0) is 78.7 Å². The van der Waals surface area contributed by atoms with Gasteiger partial charge in [0.25, 0.3) is 23.6 Å². The standard InChI is InChI=1S/C50H56N12O14S6/c1-23-29(81-19-52-23)13-11-25-15-77-40(58-31(25)43(67)73-21-75-45(69)49(3,4)5)34(56-37(63)32(60-71-9)27-17-79-47(51)54-27)39(65)59-48-55-28(18-80-48)33(61-72-10)38(64)57-35-41(66)62-36(44(68)74-22-76-46(70)50(6,7)8)26(16-78-42(35)62)12-14-30-24(2)53-20-82-30/h11-14,17-20,34-35,40,42,58H,15-16,21-22H2,1-10H3,(H2,51,54)(H,56,63)(H,57,64)(H,55,59,65)/b13-11-,14-12-,60-32-,61-33-/t34-,35+,40-,42+/m0/s1. The number of rotatable bonds is 21. The van der Waals surface area contributed by atoms with Crippen molar-refractivity contribution in [3.63, 3.8) is 0 Å². The number of anilines is 2. The summed E-state index contributed by atoms with van der Waals surface area (Å²) in [5.41, 5.74) is 8.75. The molecule has 4 amide bonds. The highest BCUT2D eigenvalue weighted by Crippen LogP contribution is 2.41. The Morgan fingerprint density at radius 2 is 1.29 bits per heavy atom. The minimum atomic E-state index is -1.57. The van der Waals surface area contributed by atoms with Crippen LogP contribution in [0.25, 0.3) is 12.2 Å². The number of nitrogens with one attached hydrogen (secondary N) is 4. The van der Waals surface area contributed by atoms with E-state index in [1.165, 1.54) is 64.3 Å². The fourth-order valence-corrected chi connectivity index (χ4v) is 12.4. The van der Waals surface area contributed by atoms with E-state index in [1.54, 1.807) is 76.9 Å². The quantitative estimate of drug-likeness (QED) is 0.0248. The number of amides is 4. The molecule has 32 heteroatoms. The summed E-state index contributed by atoms with van der Waals surface area (Å²) in [4.78, 5) is 140. The fraction of sp³-hybridized carbons (Fsp3) is 0.400. The zero-order valence-electron chi connectivity index (χ0n) is 45.6. The third-order valence-corrected chi connectivity index (χ3v) is 17.3. The third-order valence-electron chi connectivity index (χ3n) is 11.5. The van der Waals surface area contributed by atoms with Gasteiger partial charge < -0.3 is 55.6 Å². The van der Waals surface area contributed by atoms with Crippen LogP contribution in [0, 0.1) is 24.7 Å². The van der Waals surface area contributed by atoms with Gasteiger partial charge >= 0.3 is 23.9 Å². The number of esters is 4. The molecule has 1 saturated heterocycles. The van der Waals surface area contributed by atoms with Crippen LogP contribution < -0.4 is 27.0 Å². The molecule has 3 aliphatic heterocycles. The summed E-state index contributed by atoms with van der Waals surface area (Å²) in [6, 6.07) is -2.76. The van der Waals surface area contributed by atoms with Crippen LogP contribution in [0.3, 0.4) is 0 Å². The van der Waals surface area contributed by atoms with E-state index in [1.807, 2.05) is 13.8 Å². The van der Waals surface area contributed by atoms with Crippen LogP contribution in [0.1, 0.15) is 74.1 Å². The van der Waals surface area contributed by atoms with Crippen LogP contribution in [0.4, 0.5) is 10.3 Å². The second-order valence-electron chi connectivity index (χ2n) is 19.5. The van der Waals surface area contributed by atoms with E-state index in [2.05, 4.69) is 51.5 Å². The molecule has 4 aromatic heterocycles. The van der Waals surface area contributed by atoms with E-state index >= 15 is 0 Å². The van der Waals surface area contributed by atoms with Crippen molar-refractivity contribution >= 4 is 150 Å². The van der Waals surface area contributed by atoms with Crippen LogP contribution in [-0.4, -0.2) is 146 Å². The first kappa shape index (κ1) is 62.1. The zero-order chi connectivity index (χ0) is 59.6. The molecule has 0 aromatic carbocycles. The fourth-order valence-electron chi connectivity index (χ4n) is 7.24. The number of hydrogen-bond acceptors (Lipinski definition) is 28. The van der Waals surface area contributed by atoms with Crippen molar-refractivity contribution in [3.8, 4) is 0 Å². The lowest BCUT2D eigenvalue weighted by Gasteiger charge is -2.49. The molecule has 7 heterocycles. The van der Waals surface area contributed by atoms with Crippen LogP contribution in [0.5, 0.6) is 0 Å². The first-order valence-corrected chi connectivity index (χ1v) is 30.0. The summed E-state index contributed by atoms with van der Waals surface area (Å²) in [5.74, 6) is -6.23. The summed E-state index contributed by atoms with van der Waals surface area (Å²) < 4.78 is 21.1. The molecule has 0 saturated carbocycles. The van der Waals surface area contributed by atoms with Crippen LogP contribution in [-0.2, 0) is 67.0 Å². The molecule has 0 unspecified atom stereocenters. The molecule has 4 aromatic rings. The van der Waals surface area contributed by atoms with Crippen molar-refractivity contribution in [2.24, 2.45) is 21.1 Å². The minimum Gasteiger partial charge on any atom is -0.427 e. The van der Waals surface area contributed by atoms with Gasteiger partial charge in [-0.25, -0.2) is 29.5 Å². The summed E-state index contributed by atoms with van der Waals surface area (Å²) in [6.45, 7) is 12.0. The Labute approximate surface area is 493 Å². The number of carbonyl (C=O) groups is 8. The maximum Gasteiger partial charge on any atom is 0.358 e. The lowest BCUT2D eigenvalue weighted by molar-refractivity contribution is -0.174. The van der Waals surface area contributed by atoms with Gasteiger partial charge in [-0.1, -0.05) is 22.5 Å². The van der Waals surface area contributed by atoms with E-state index in [0.29, 0.717) is 11.1 Å². The summed E-state index contributed by atoms with van der Waals surface area (Å²) in [5, 5.41) is 19.7. The highest BCUT2D eigenvalue weighted by molar-refractivity contribution is 8.00. The Hall–Kier alpha value is -7.52. The lowest BCUT2D eigenvalue weighted by atomic mass is 9.97. The first-order chi connectivity index (χ1) is 38.9. The first-order valence-electron chi connectivity index (χ1n) is 24.4. The van der Waals surface area contributed by atoms with Crippen molar-refractivity contribution in [1.82, 2.24) is 40.8 Å². The number of nitrogen functional groups attached to an aromatic ring is 1. The molecule has 82 heavy (non-hydrogen) atoms. The number of aromatic nitrogens is 4. The van der Waals surface area contributed by atoms with Crippen molar-refractivity contribution in [2.45, 2.75) is 78.2 Å². The molecule has 1 fully saturated rings. The molecule has 4 atom stereocenters. The van der Waals surface area contributed by atoms with Gasteiger partial charge in [-0.15, -0.1) is 68.9 Å². The molecule has 0 aliphatic carbocycles. The molecular weight excluding hydrogens is 1190 g/mol. The second-order valence-corrected chi connectivity index (χ2v) is 25.3. The Bertz CT molecular complexity index is 3330. The number of nitrogens with zero attached hydrogens (tertiary/aromatic N) is 7. The van der Waals surface area contributed by atoms with Gasteiger partial charge in [-0.3, -0.25) is 33.7 Å². The van der Waals surface area contributed by atoms with Crippen molar-refractivity contribution in [1.29, 1.82) is 0 Å². The van der Waals surface area contributed by atoms with E-state index in [4.69, 9.17) is 34.4 Å². The van der Waals surface area contributed by atoms with Crippen molar-refractivity contribution in [2.75, 3.05) is 50.4 Å².